The number of thiophene rings is 1. The molecule has 3 rings (SSSR count). The summed E-state index contributed by atoms with van der Waals surface area (Å²) < 4.78 is 10.7. The second kappa shape index (κ2) is 8.84. The van der Waals surface area contributed by atoms with Crippen LogP contribution < -0.4 is 9.64 Å². The Labute approximate surface area is 173 Å². The van der Waals surface area contributed by atoms with Crippen molar-refractivity contribution in [3.8, 4) is 17.1 Å². The molecule has 0 saturated carbocycles. The third-order valence-electron chi connectivity index (χ3n) is 4.25. The summed E-state index contributed by atoms with van der Waals surface area (Å²) >= 11 is 13.3. The molecule has 0 radical (unpaired) electrons. The summed E-state index contributed by atoms with van der Waals surface area (Å²) in [6, 6.07) is 11.8. The first-order valence-electron chi connectivity index (χ1n) is 8.49. The quantitative estimate of drug-likeness (QED) is 0.446. The lowest BCUT2D eigenvalue weighted by Crippen LogP contribution is -3.09. The molecular formula is C19H22ClN4OS2+. The highest BCUT2D eigenvalue weighted by molar-refractivity contribution is 7.71. The third kappa shape index (κ3) is 4.50. The molecule has 1 unspecified atom stereocenters. The van der Waals surface area contributed by atoms with Gasteiger partial charge in [0.1, 0.15) is 12.3 Å². The molecule has 0 bridgehead atoms. The maximum atomic E-state index is 6.07. The maximum absolute atomic E-state index is 6.07. The first-order valence-corrected chi connectivity index (χ1v) is 10.1. The molecule has 0 fully saturated rings. The molecule has 142 valence electrons. The van der Waals surface area contributed by atoms with E-state index in [9.17, 15) is 0 Å². The summed E-state index contributed by atoms with van der Waals surface area (Å²) in [5, 5.41) is 4.77. The second-order valence-corrected chi connectivity index (χ2v) is 8.31. The zero-order valence-electron chi connectivity index (χ0n) is 15.3. The van der Waals surface area contributed by atoms with Gasteiger partial charge < -0.3 is 14.2 Å². The zero-order chi connectivity index (χ0) is 19.4. The topological polar surface area (TPSA) is 36.4 Å². The fourth-order valence-corrected chi connectivity index (χ4v) is 4.31. The predicted molar refractivity (Wildman–Crippen MR) is 113 cm³/mol. The maximum Gasteiger partial charge on any atom is 0.202 e. The zero-order valence-corrected chi connectivity index (χ0v) is 17.7. The van der Waals surface area contributed by atoms with Gasteiger partial charge in [-0.15, -0.1) is 16.4 Å². The molecule has 0 spiro atoms. The summed E-state index contributed by atoms with van der Waals surface area (Å²) in [5.41, 5.74) is 0.919. The van der Waals surface area contributed by atoms with Gasteiger partial charge in [0.05, 0.1) is 28.4 Å². The first-order chi connectivity index (χ1) is 13.0. The van der Waals surface area contributed by atoms with E-state index in [0.29, 0.717) is 11.4 Å². The van der Waals surface area contributed by atoms with Crippen LogP contribution in [0.1, 0.15) is 4.88 Å². The molecular weight excluding hydrogens is 400 g/mol. The van der Waals surface area contributed by atoms with Gasteiger partial charge >= 0.3 is 0 Å². The molecule has 2 heterocycles. The lowest BCUT2D eigenvalue weighted by Gasteiger charge is -2.16. The molecule has 8 heteroatoms. The Balaban J connectivity index is 1.90. The second-order valence-electron chi connectivity index (χ2n) is 6.15. The predicted octanol–water partition coefficient (Wildman–Crippen LogP) is 3.57. The lowest BCUT2D eigenvalue weighted by molar-refractivity contribution is -0.931. The van der Waals surface area contributed by atoms with Crippen molar-refractivity contribution in [1.82, 2.24) is 14.3 Å². The van der Waals surface area contributed by atoms with E-state index < -0.39 is 0 Å². The van der Waals surface area contributed by atoms with Crippen LogP contribution in [0.3, 0.4) is 0 Å². The minimum atomic E-state index is 0.642. The molecule has 0 aliphatic rings. The van der Waals surface area contributed by atoms with E-state index in [2.05, 4.69) is 12.6 Å². The number of hydrogen-bond donors (Lipinski definition) is 1. The standard InChI is InChI=1S/C19H21ClN4OS2/c1-4-11-23(12-14-9-10-17(20)27-14)13-24-19(26)22(2)18(21-24)15-7-5-6-8-16(15)25-3/h4-10H,1,11-13H2,2-3H3/p+1. The van der Waals surface area contributed by atoms with E-state index in [1.54, 1.807) is 18.4 Å². The SMILES string of the molecule is C=CC[NH+](Cc1ccc(Cl)s1)Cn1nc(-c2ccccc2OC)n(C)c1=S. The fraction of sp³-hybridized carbons (Fsp3) is 0.263. The van der Waals surface area contributed by atoms with Crippen molar-refractivity contribution in [1.29, 1.82) is 0 Å². The monoisotopic (exact) mass is 421 g/mol. The summed E-state index contributed by atoms with van der Waals surface area (Å²) in [5.74, 6) is 1.56. The summed E-state index contributed by atoms with van der Waals surface area (Å²) in [6.07, 6.45) is 1.91. The minimum Gasteiger partial charge on any atom is -0.496 e. The number of hydrogen-bond acceptors (Lipinski definition) is 4. The molecule has 0 aliphatic carbocycles. The van der Waals surface area contributed by atoms with Crippen LogP contribution in [0.4, 0.5) is 0 Å². The van der Waals surface area contributed by atoms with E-state index >= 15 is 0 Å². The van der Waals surface area contributed by atoms with Crippen LogP contribution in [0, 0.1) is 4.77 Å². The van der Waals surface area contributed by atoms with Gasteiger partial charge in [-0.3, -0.25) is 0 Å². The molecule has 2 aromatic heterocycles. The van der Waals surface area contributed by atoms with E-state index in [4.69, 9.17) is 33.7 Å². The Morgan fingerprint density at radius 1 is 1.33 bits per heavy atom. The van der Waals surface area contributed by atoms with Crippen molar-refractivity contribution < 1.29 is 9.64 Å². The fourth-order valence-electron chi connectivity index (χ4n) is 2.96. The van der Waals surface area contributed by atoms with Gasteiger partial charge in [0, 0.05) is 7.05 Å². The van der Waals surface area contributed by atoms with Gasteiger partial charge in [0.25, 0.3) is 0 Å². The molecule has 1 N–H and O–H groups in total. The highest BCUT2D eigenvalue weighted by Crippen LogP contribution is 2.28. The van der Waals surface area contributed by atoms with Crippen LogP contribution in [0.2, 0.25) is 4.34 Å². The third-order valence-corrected chi connectivity index (χ3v) is 5.96. The summed E-state index contributed by atoms with van der Waals surface area (Å²) in [4.78, 5) is 2.51. The van der Waals surface area contributed by atoms with Crippen LogP contribution in [-0.4, -0.2) is 28.0 Å². The normalized spacial score (nSPS) is 12.1. The van der Waals surface area contributed by atoms with Crippen molar-refractivity contribution in [3.63, 3.8) is 0 Å². The van der Waals surface area contributed by atoms with Crippen molar-refractivity contribution >= 4 is 35.2 Å². The van der Waals surface area contributed by atoms with Crippen molar-refractivity contribution in [2.75, 3.05) is 13.7 Å². The molecule has 5 nitrogen and oxygen atoms in total. The van der Waals surface area contributed by atoms with Crippen LogP contribution in [0.5, 0.6) is 5.75 Å². The Morgan fingerprint density at radius 2 is 2.11 bits per heavy atom. The first kappa shape index (κ1) is 19.8. The largest absolute Gasteiger partial charge is 0.496 e. The van der Waals surface area contributed by atoms with Crippen LogP contribution >= 0.6 is 35.2 Å². The molecule has 0 saturated heterocycles. The number of ether oxygens (including phenoxy) is 1. The van der Waals surface area contributed by atoms with E-state index in [1.807, 2.05) is 52.7 Å². The van der Waals surface area contributed by atoms with E-state index in [1.165, 1.54) is 9.78 Å². The molecule has 1 aromatic carbocycles. The van der Waals surface area contributed by atoms with Gasteiger partial charge in [-0.2, -0.15) is 4.68 Å². The van der Waals surface area contributed by atoms with Crippen LogP contribution in [0.25, 0.3) is 11.4 Å². The van der Waals surface area contributed by atoms with Gasteiger partial charge in [-0.1, -0.05) is 30.3 Å². The van der Waals surface area contributed by atoms with Gasteiger partial charge in [-0.05, 0) is 42.6 Å². The van der Waals surface area contributed by atoms with Crippen LogP contribution in [-0.2, 0) is 20.3 Å². The number of nitrogens with zero attached hydrogens (tertiary/aromatic N) is 3. The Kier molecular flexibility index (Phi) is 6.49. The number of nitrogens with one attached hydrogen (secondary N) is 1. The van der Waals surface area contributed by atoms with E-state index in [0.717, 1.165) is 34.6 Å². The Bertz CT molecular complexity index is 992. The number of methoxy groups -OCH3 is 1. The van der Waals surface area contributed by atoms with Crippen molar-refractivity contribution in [3.05, 3.63) is 63.0 Å². The summed E-state index contributed by atoms with van der Waals surface area (Å²) in [7, 11) is 3.59. The minimum absolute atomic E-state index is 0.642. The summed E-state index contributed by atoms with van der Waals surface area (Å²) in [6.45, 7) is 6.17. The number of halogens is 1. The van der Waals surface area contributed by atoms with Crippen molar-refractivity contribution in [2.45, 2.75) is 13.2 Å². The molecule has 3 aromatic rings. The highest BCUT2D eigenvalue weighted by atomic mass is 35.5. The molecule has 0 amide bonds. The van der Waals surface area contributed by atoms with Gasteiger partial charge in [-0.25, -0.2) is 0 Å². The van der Waals surface area contributed by atoms with Gasteiger partial charge in [0.2, 0.25) is 4.77 Å². The van der Waals surface area contributed by atoms with E-state index in [-0.39, 0.29) is 0 Å². The number of benzene rings is 1. The van der Waals surface area contributed by atoms with Gasteiger partial charge in [0.15, 0.2) is 12.5 Å². The Hall–Kier alpha value is -1.93. The molecule has 27 heavy (non-hydrogen) atoms. The lowest BCUT2D eigenvalue weighted by atomic mass is 10.2. The average Bonchev–Trinajstić information content (AvgIpc) is 3.19. The number of aromatic nitrogens is 3. The highest BCUT2D eigenvalue weighted by Gasteiger charge is 2.17. The van der Waals surface area contributed by atoms with Crippen molar-refractivity contribution in [2.24, 2.45) is 7.05 Å². The number of para-hydroxylation sites is 1. The average molecular weight is 422 g/mol. The molecule has 1 atom stereocenters. The number of quaternary nitrogens is 1. The smallest absolute Gasteiger partial charge is 0.202 e. The molecule has 0 aliphatic heterocycles. The number of rotatable bonds is 8. The Morgan fingerprint density at radius 3 is 2.78 bits per heavy atom. The van der Waals surface area contributed by atoms with Crippen LogP contribution in [0.15, 0.2) is 49.1 Å².